The van der Waals surface area contributed by atoms with Crippen molar-refractivity contribution in [2.75, 3.05) is 47.3 Å². The summed E-state index contributed by atoms with van der Waals surface area (Å²) in [5.74, 6) is 0. The van der Waals surface area contributed by atoms with Crippen molar-refractivity contribution < 1.29 is 0 Å². The van der Waals surface area contributed by atoms with E-state index in [1.807, 2.05) is 21.6 Å². The van der Waals surface area contributed by atoms with Gasteiger partial charge in [0.2, 0.25) is 0 Å². The van der Waals surface area contributed by atoms with Crippen LogP contribution in [0.25, 0.3) is 0 Å². The van der Waals surface area contributed by atoms with E-state index in [9.17, 15) is 0 Å². The normalized spacial score (nSPS) is 32.0. The highest BCUT2D eigenvalue weighted by Gasteiger charge is 2.31. The van der Waals surface area contributed by atoms with Gasteiger partial charge in [0.15, 0.2) is 0 Å². The average molecular weight is 404 g/mol. The summed E-state index contributed by atoms with van der Waals surface area (Å²) in [4.78, 5) is 7.30. The second-order valence-corrected chi connectivity index (χ2v) is 7.51. The molecule has 2 aliphatic rings. The second-order valence-electron chi connectivity index (χ2n) is 5.07. The Balaban J connectivity index is 0.00000162. The molecule has 0 aromatic carbocycles. The van der Waals surface area contributed by atoms with Crippen LogP contribution in [0.3, 0.4) is 0 Å². The summed E-state index contributed by atoms with van der Waals surface area (Å²) < 4.78 is 0. The Morgan fingerprint density at radius 2 is 1.67 bits per heavy atom. The standard InChI is InChI=1S/C11H24N4S2.HI/c1-13(2)10-12-11(17-16-10)15-8-4-6-14(3)7-5-9-15;/h10-12H,4-9H2,1-3H3;1H. The smallest absolute Gasteiger partial charge is 0.120 e. The highest BCUT2D eigenvalue weighted by Crippen LogP contribution is 2.38. The minimum atomic E-state index is 0. The van der Waals surface area contributed by atoms with Gasteiger partial charge in [-0.05, 0) is 47.1 Å². The molecule has 0 bridgehead atoms. The fraction of sp³-hybridized carbons (Fsp3) is 1.00. The molecular formula is C11H25IN4S2. The molecule has 0 aliphatic carbocycles. The van der Waals surface area contributed by atoms with Crippen molar-refractivity contribution in [3.05, 3.63) is 0 Å². The van der Waals surface area contributed by atoms with Gasteiger partial charge in [-0.25, -0.2) is 0 Å². The molecule has 2 rings (SSSR count). The van der Waals surface area contributed by atoms with Crippen LogP contribution in [0.2, 0.25) is 0 Å². The molecule has 0 aromatic heterocycles. The molecule has 2 fully saturated rings. The van der Waals surface area contributed by atoms with E-state index in [0.29, 0.717) is 11.0 Å². The van der Waals surface area contributed by atoms with E-state index in [1.54, 1.807) is 0 Å². The quantitative estimate of drug-likeness (QED) is 0.556. The van der Waals surface area contributed by atoms with Crippen LogP contribution in [0.1, 0.15) is 12.8 Å². The van der Waals surface area contributed by atoms with Crippen LogP contribution in [0.4, 0.5) is 0 Å². The van der Waals surface area contributed by atoms with E-state index in [4.69, 9.17) is 0 Å². The number of nitrogens with one attached hydrogen (secondary N) is 1. The zero-order valence-corrected chi connectivity index (χ0v) is 15.4. The van der Waals surface area contributed by atoms with Crippen molar-refractivity contribution in [3.63, 3.8) is 0 Å². The summed E-state index contributed by atoms with van der Waals surface area (Å²) in [5, 5.41) is 3.68. The van der Waals surface area contributed by atoms with Gasteiger partial charge in [0.05, 0.1) is 0 Å². The first kappa shape index (κ1) is 17.3. The molecule has 2 aliphatic heterocycles. The number of nitrogens with zero attached hydrogens (tertiary/aromatic N) is 3. The first-order chi connectivity index (χ1) is 8.16. The van der Waals surface area contributed by atoms with Gasteiger partial charge in [0.1, 0.15) is 11.0 Å². The number of halogens is 1. The molecule has 1 N–H and O–H groups in total. The molecule has 0 amide bonds. The molecule has 0 aromatic rings. The lowest BCUT2D eigenvalue weighted by atomic mass is 10.2. The summed E-state index contributed by atoms with van der Waals surface area (Å²) in [6.45, 7) is 4.90. The Hall–Kier alpha value is 1.27. The first-order valence-corrected chi connectivity index (χ1v) is 8.61. The first-order valence-electron chi connectivity index (χ1n) is 6.34. The lowest BCUT2D eigenvalue weighted by Gasteiger charge is -2.32. The molecule has 2 unspecified atom stereocenters. The van der Waals surface area contributed by atoms with Crippen molar-refractivity contribution in [1.29, 1.82) is 0 Å². The van der Waals surface area contributed by atoms with E-state index in [1.165, 1.54) is 39.0 Å². The minimum Gasteiger partial charge on any atom is -0.306 e. The van der Waals surface area contributed by atoms with Gasteiger partial charge in [-0.1, -0.05) is 21.6 Å². The predicted octanol–water partition coefficient (Wildman–Crippen LogP) is 1.75. The van der Waals surface area contributed by atoms with Crippen LogP contribution in [0, 0.1) is 0 Å². The van der Waals surface area contributed by atoms with Gasteiger partial charge in [-0.2, -0.15) is 0 Å². The molecule has 2 atom stereocenters. The fourth-order valence-corrected chi connectivity index (χ4v) is 5.25. The van der Waals surface area contributed by atoms with E-state index < -0.39 is 0 Å². The van der Waals surface area contributed by atoms with Crippen molar-refractivity contribution in [2.24, 2.45) is 0 Å². The third kappa shape index (κ3) is 4.99. The Morgan fingerprint density at radius 1 is 1.06 bits per heavy atom. The van der Waals surface area contributed by atoms with Crippen LogP contribution in [0.15, 0.2) is 0 Å². The zero-order chi connectivity index (χ0) is 12.3. The Bertz CT molecular complexity index is 235. The molecule has 4 nitrogen and oxygen atoms in total. The molecule has 18 heavy (non-hydrogen) atoms. The van der Waals surface area contributed by atoms with Crippen LogP contribution in [0.5, 0.6) is 0 Å². The third-order valence-corrected chi connectivity index (χ3v) is 6.19. The van der Waals surface area contributed by atoms with E-state index in [-0.39, 0.29) is 24.0 Å². The number of hydrogen-bond acceptors (Lipinski definition) is 6. The lowest BCUT2D eigenvalue weighted by Crippen LogP contribution is -2.48. The number of hydrogen-bond donors (Lipinski definition) is 1. The molecule has 0 spiro atoms. The predicted molar refractivity (Wildman–Crippen MR) is 93.3 cm³/mol. The van der Waals surface area contributed by atoms with Crippen molar-refractivity contribution in [1.82, 2.24) is 20.0 Å². The van der Waals surface area contributed by atoms with E-state index >= 15 is 0 Å². The molecule has 2 heterocycles. The summed E-state index contributed by atoms with van der Waals surface area (Å²) in [5.41, 5.74) is 0.953. The SMILES string of the molecule is CN1CCCN(C2NC(N(C)C)SS2)CCC1.I. The zero-order valence-electron chi connectivity index (χ0n) is 11.5. The monoisotopic (exact) mass is 404 g/mol. The second kappa shape index (κ2) is 8.53. The molecular weight excluding hydrogens is 379 g/mol. The lowest BCUT2D eigenvalue weighted by molar-refractivity contribution is 0.164. The molecule has 108 valence electrons. The maximum Gasteiger partial charge on any atom is 0.120 e. The Kier molecular flexibility index (Phi) is 8.21. The molecule has 7 heteroatoms. The summed E-state index contributed by atoms with van der Waals surface area (Å²) in [6.07, 6.45) is 2.57. The maximum atomic E-state index is 3.68. The van der Waals surface area contributed by atoms with Gasteiger partial charge < -0.3 is 4.90 Å². The van der Waals surface area contributed by atoms with Gasteiger partial charge in [-0.3, -0.25) is 15.1 Å². The highest BCUT2D eigenvalue weighted by molar-refractivity contribution is 14.0. The third-order valence-electron chi connectivity index (χ3n) is 3.29. The Labute approximate surface area is 136 Å². The van der Waals surface area contributed by atoms with Crippen molar-refractivity contribution in [3.8, 4) is 0 Å². The van der Waals surface area contributed by atoms with Gasteiger partial charge in [0.25, 0.3) is 0 Å². The largest absolute Gasteiger partial charge is 0.306 e. The summed E-state index contributed by atoms with van der Waals surface area (Å²) in [6, 6.07) is 0. The van der Waals surface area contributed by atoms with Crippen LogP contribution in [-0.2, 0) is 0 Å². The fourth-order valence-electron chi connectivity index (χ4n) is 2.23. The molecule has 0 saturated carbocycles. The maximum absolute atomic E-state index is 3.68. The van der Waals surface area contributed by atoms with Gasteiger partial charge in [-0.15, -0.1) is 24.0 Å². The highest BCUT2D eigenvalue weighted by atomic mass is 127. The van der Waals surface area contributed by atoms with Crippen molar-refractivity contribution in [2.45, 2.75) is 23.8 Å². The van der Waals surface area contributed by atoms with Crippen LogP contribution >= 0.6 is 45.6 Å². The van der Waals surface area contributed by atoms with Gasteiger partial charge in [0, 0.05) is 13.1 Å². The summed E-state index contributed by atoms with van der Waals surface area (Å²) in [7, 11) is 10.4. The van der Waals surface area contributed by atoms with Crippen molar-refractivity contribution >= 4 is 45.6 Å². The average Bonchev–Trinajstić information content (AvgIpc) is 2.72. The molecule has 2 saturated heterocycles. The summed E-state index contributed by atoms with van der Waals surface area (Å²) >= 11 is 0. The van der Waals surface area contributed by atoms with Gasteiger partial charge >= 0.3 is 0 Å². The topological polar surface area (TPSA) is 21.8 Å². The molecule has 0 radical (unpaired) electrons. The van der Waals surface area contributed by atoms with Crippen LogP contribution in [-0.4, -0.2) is 73.0 Å². The van der Waals surface area contributed by atoms with Crippen LogP contribution < -0.4 is 5.32 Å². The minimum absolute atomic E-state index is 0. The van der Waals surface area contributed by atoms with E-state index in [2.05, 4.69) is 41.2 Å². The Morgan fingerprint density at radius 3 is 2.17 bits per heavy atom. The van der Waals surface area contributed by atoms with E-state index in [0.717, 1.165) is 0 Å². The number of rotatable bonds is 2.